The Morgan fingerprint density at radius 2 is 1.94 bits per heavy atom. The van der Waals surface area contributed by atoms with Crippen molar-refractivity contribution in [2.24, 2.45) is 9.98 Å². The van der Waals surface area contributed by atoms with Gasteiger partial charge in [0, 0.05) is 19.0 Å². The Morgan fingerprint density at radius 3 is 2.56 bits per heavy atom. The van der Waals surface area contributed by atoms with Gasteiger partial charge < -0.3 is 14.9 Å². The van der Waals surface area contributed by atoms with Crippen molar-refractivity contribution in [2.45, 2.75) is 43.7 Å². The fraction of sp³-hybridized carbons (Fsp3) is 0.364. The van der Waals surface area contributed by atoms with Crippen molar-refractivity contribution < 1.29 is 28.5 Å². The van der Waals surface area contributed by atoms with Crippen LogP contribution in [0.2, 0.25) is 0 Å². The molecule has 32 heavy (non-hydrogen) atoms. The molecule has 1 fully saturated rings. The molecule has 2 N–H and O–H groups in total. The highest BCUT2D eigenvalue weighted by Gasteiger charge is 2.57. The standard InChI is InChI=1S/C22H22F2N4O4/c1-21(30)13-26-19(18-15(23)7-4-8-16(18)24)27-22(21,31)20(29)28(14-6-5-10-25-12-14)17-9-2-3-11-32-17/h4-8,10,12-13,17,30-31H,2-3,9,11H2,1H3. The maximum Gasteiger partial charge on any atom is 0.287 e. The summed E-state index contributed by atoms with van der Waals surface area (Å²) >= 11 is 0. The van der Waals surface area contributed by atoms with Gasteiger partial charge in [-0.25, -0.2) is 18.8 Å². The van der Waals surface area contributed by atoms with Gasteiger partial charge in [-0.3, -0.25) is 14.7 Å². The summed E-state index contributed by atoms with van der Waals surface area (Å²) in [7, 11) is 0. The van der Waals surface area contributed by atoms with Crippen molar-refractivity contribution >= 4 is 23.6 Å². The number of amidine groups is 1. The van der Waals surface area contributed by atoms with Crippen LogP contribution < -0.4 is 4.90 Å². The Bertz CT molecular complexity index is 1050. The van der Waals surface area contributed by atoms with Gasteiger partial charge in [0.05, 0.1) is 17.4 Å². The fourth-order valence-corrected chi connectivity index (χ4v) is 3.67. The van der Waals surface area contributed by atoms with Gasteiger partial charge in [-0.1, -0.05) is 6.07 Å². The zero-order valence-corrected chi connectivity index (χ0v) is 17.3. The number of hydrogen-bond donors (Lipinski definition) is 2. The summed E-state index contributed by atoms with van der Waals surface area (Å²) in [5.41, 5.74) is -5.42. The zero-order chi connectivity index (χ0) is 22.9. The van der Waals surface area contributed by atoms with Gasteiger partial charge in [-0.05, 0) is 50.5 Å². The van der Waals surface area contributed by atoms with Crippen LogP contribution in [0.4, 0.5) is 14.5 Å². The van der Waals surface area contributed by atoms with E-state index in [-0.39, 0.29) is 0 Å². The summed E-state index contributed by atoms with van der Waals surface area (Å²) < 4.78 is 34.4. The average Bonchev–Trinajstić information content (AvgIpc) is 2.78. The Labute approximate surface area is 182 Å². The Hall–Kier alpha value is -3.08. The first-order valence-corrected chi connectivity index (χ1v) is 10.1. The predicted molar refractivity (Wildman–Crippen MR) is 112 cm³/mol. The number of aliphatic imine (C=N–C) groups is 2. The lowest BCUT2D eigenvalue weighted by atomic mass is 9.90. The summed E-state index contributed by atoms with van der Waals surface area (Å²) in [6.45, 7) is 1.54. The molecule has 1 saturated heterocycles. The number of carbonyl (C=O) groups excluding carboxylic acids is 1. The molecule has 3 atom stereocenters. The van der Waals surface area contributed by atoms with E-state index >= 15 is 0 Å². The number of carbonyl (C=O) groups is 1. The Kier molecular flexibility index (Phi) is 5.85. The van der Waals surface area contributed by atoms with E-state index in [1.54, 1.807) is 12.1 Å². The largest absolute Gasteiger partial charge is 0.379 e. The molecule has 1 amide bonds. The van der Waals surface area contributed by atoms with Gasteiger partial charge in [0.2, 0.25) is 0 Å². The van der Waals surface area contributed by atoms with Crippen molar-refractivity contribution in [3.63, 3.8) is 0 Å². The van der Waals surface area contributed by atoms with Gasteiger partial charge in [0.15, 0.2) is 11.4 Å². The predicted octanol–water partition coefficient (Wildman–Crippen LogP) is 2.19. The summed E-state index contributed by atoms with van der Waals surface area (Å²) in [6.07, 6.45) is 5.10. The molecule has 0 aliphatic carbocycles. The normalized spacial score (nSPS) is 27.7. The molecule has 3 unspecified atom stereocenters. The van der Waals surface area contributed by atoms with Crippen molar-refractivity contribution in [1.29, 1.82) is 0 Å². The van der Waals surface area contributed by atoms with Crippen LogP contribution in [0.3, 0.4) is 0 Å². The third-order valence-electron chi connectivity index (χ3n) is 5.48. The molecule has 0 bridgehead atoms. The monoisotopic (exact) mass is 444 g/mol. The molecule has 2 aliphatic rings. The van der Waals surface area contributed by atoms with Gasteiger partial charge in [-0.2, -0.15) is 0 Å². The summed E-state index contributed by atoms with van der Waals surface area (Å²) in [5, 5.41) is 22.3. The first kappa shape index (κ1) is 22.1. The van der Waals surface area contributed by atoms with Gasteiger partial charge in [0.1, 0.15) is 17.9 Å². The maximum atomic E-state index is 14.3. The average molecular weight is 444 g/mol. The molecule has 0 radical (unpaired) electrons. The van der Waals surface area contributed by atoms with Crippen LogP contribution in [0.1, 0.15) is 31.7 Å². The molecule has 168 valence electrons. The first-order chi connectivity index (χ1) is 15.2. The summed E-state index contributed by atoms with van der Waals surface area (Å²) in [6, 6.07) is 6.37. The molecule has 3 heterocycles. The summed E-state index contributed by atoms with van der Waals surface area (Å²) in [5.74, 6) is -3.55. The van der Waals surface area contributed by atoms with Crippen LogP contribution >= 0.6 is 0 Å². The van der Waals surface area contributed by atoms with Crippen LogP contribution in [-0.2, 0) is 9.53 Å². The highest BCUT2D eigenvalue weighted by atomic mass is 19.1. The molecular formula is C22H22F2N4O4. The highest BCUT2D eigenvalue weighted by Crippen LogP contribution is 2.34. The van der Waals surface area contributed by atoms with E-state index in [9.17, 15) is 23.8 Å². The number of aliphatic hydroxyl groups is 2. The second-order valence-corrected chi connectivity index (χ2v) is 7.82. The molecule has 8 nitrogen and oxygen atoms in total. The quantitative estimate of drug-likeness (QED) is 0.752. The smallest absolute Gasteiger partial charge is 0.287 e. The zero-order valence-electron chi connectivity index (χ0n) is 17.3. The van der Waals surface area contributed by atoms with Crippen molar-refractivity contribution in [2.75, 3.05) is 11.5 Å². The molecule has 2 aromatic rings. The lowest BCUT2D eigenvalue weighted by Gasteiger charge is -2.42. The fourth-order valence-electron chi connectivity index (χ4n) is 3.67. The minimum absolute atomic E-state index is 0.310. The number of nitrogens with zero attached hydrogens (tertiary/aromatic N) is 4. The molecule has 4 rings (SSSR count). The minimum atomic E-state index is -2.84. The maximum absolute atomic E-state index is 14.3. The Morgan fingerprint density at radius 1 is 1.19 bits per heavy atom. The van der Waals surface area contributed by atoms with E-state index in [1.807, 2.05) is 0 Å². The third kappa shape index (κ3) is 3.81. The van der Waals surface area contributed by atoms with Crippen LogP contribution in [0.5, 0.6) is 0 Å². The number of rotatable bonds is 4. The molecule has 0 saturated carbocycles. The molecule has 2 aliphatic heterocycles. The summed E-state index contributed by atoms with van der Waals surface area (Å²) in [4.78, 5) is 26.6. The van der Waals surface area contributed by atoms with Crippen molar-refractivity contribution in [3.05, 3.63) is 59.9 Å². The Balaban J connectivity index is 1.82. The number of amides is 1. The van der Waals surface area contributed by atoms with E-state index in [0.29, 0.717) is 18.7 Å². The lowest BCUT2D eigenvalue weighted by molar-refractivity contribution is -0.157. The third-order valence-corrected chi connectivity index (χ3v) is 5.48. The van der Waals surface area contributed by atoms with E-state index in [1.165, 1.54) is 23.4 Å². The van der Waals surface area contributed by atoms with Gasteiger partial charge in [-0.15, -0.1) is 0 Å². The van der Waals surface area contributed by atoms with Crippen molar-refractivity contribution in [3.8, 4) is 0 Å². The SMILES string of the molecule is CC1(O)C=NC(c2c(F)cccc2F)=NC1(O)C(=O)N(c1cccnc1)C1CCCCO1. The van der Waals surface area contributed by atoms with E-state index in [0.717, 1.165) is 38.1 Å². The van der Waals surface area contributed by atoms with Crippen LogP contribution in [-0.4, -0.2) is 57.3 Å². The van der Waals surface area contributed by atoms with E-state index in [4.69, 9.17) is 4.74 Å². The van der Waals surface area contributed by atoms with E-state index < -0.39 is 46.5 Å². The number of aromatic nitrogens is 1. The number of ether oxygens (including phenoxy) is 1. The molecular weight excluding hydrogens is 422 g/mol. The van der Waals surface area contributed by atoms with Crippen LogP contribution in [0, 0.1) is 11.6 Å². The molecule has 1 aromatic carbocycles. The van der Waals surface area contributed by atoms with Gasteiger partial charge >= 0.3 is 0 Å². The molecule has 10 heteroatoms. The lowest BCUT2D eigenvalue weighted by Crippen LogP contribution is -2.65. The number of benzene rings is 1. The molecule has 1 aromatic heterocycles. The first-order valence-electron chi connectivity index (χ1n) is 10.1. The number of halogens is 2. The second kappa shape index (κ2) is 8.45. The highest BCUT2D eigenvalue weighted by molar-refractivity contribution is 6.12. The van der Waals surface area contributed by atoms with E-state index in [2.05, 4.69) is 15.0 Å². The van der Waals surface area contributed by atoms with Crippen LogP contribution in [0.15, 0.2) is 52.7 Å². The number of pyridine rings is 1. The minimum Gasteiger partial charge on any atom is -0.379 e. The van der Waals surface area contributed by atoms with Gasteiger partial charge in [0.25, 0.3) is 11.6 Å². The second-order valence-electron chi connectivity index (χ2n) is 7.82. The molecule has 0 spiro atoms. The number of anilines is 1. The number of hydrogen-bond acceptors (Lipinski definition) is 7. The van der Waals surface area contributed by atoms with Crippen molar-refractivity contribution in [1.82, 2.24) is 4.98 Å². The van der Waals surface area contributed by atoms with Crippen LogP contribution in [0.25, 0.3) is 0 Å². The topological polar surface area (TPSA) is 108 Å².